The van der Waals surface area contributed by atoms with Gasteiger partial charge in [0.15, 0.2) is 0 Å². The quantitative estimate of drug-likeness (QED) is 0.0321. The molecule has 0 saturated heterocycles. The van der Waals surface area contributed by atoms with Crippen molar-refractivity contribution in [2.24, 2.45) is 0 Å². The summed E-state index contributed by atoms with van der Waals surface area (Å²) in [6, 6.07) is -0.553. The predicted molar refractivity (Wildman–Crippen MR) is 273 cm³/mol. The van der Waals surface area contributed by atoms with Gasteiger partial charge in [-0.05, 0) is 96.3 Å². The molecule has 0 aliphatic heterocycles. The minimum Gasteiger partial charge on any atom is -0.466 e. The Morgan fingerprint density at radius 1 is 0.444 bits per heavy atom. The van der Waals surface area contributed by atoms with Gasteiger partial charge in [-0.15, -0.1) is 0 Å². The smallest absolute Gasteiger partial charge is 0.305 e. The van der Waals surface area contributed by atoms with Crippen LogP contribution in [-0.4, -0.2) is 47.4 Å². The van der Waals surface area contributed by atoms with Gasteiger partial charge < -0.3 is 20.3 Å². The summed E-state index contributed by atoms with van der Waals surface area (Å²) in [5, 5.41) is 23.1. The third-order valence-corrected chi connectivity index (χ3v) is 12.4. The first kappa shape index (κ1) is 60.8. The Bertz CT molecular complexity index is 1070. The van der Waals surface area contributed by atoms with E-state index in [0.29, 0.717) is 25.9 Å². The van der Waals surface area contributed by atoms with Crippen LogP contribution in [0.3, 0.4) is 0 Å². The van der Waals surface area contributed by atoms with E-state index in [-0.39, 0.29) is 18.5 Å². The van der Waals surface area contributed by atoms with Crippen molar-refractivity contribution >= 4 is 11.9 Å². The summed E-state index contributed by atoms with van der Waals surface area (Å²) < 4.78 is 5.45. The molecule has 3 N–H and O–H groups in total. The minimum absolute atomic E-state index is 0.0235. The average molecular weight is 884 g/mol. The molecule has 0 heterocycles. The molecule has 2 unspecified atom stereocenters. The molecule has 0 rings (SSSR count). The van der Waals surface area contributed by atoms with Crippen molar-refractivity contribution in [3.8, 4) is 0 Å². The molecule has 0 aliphatic rings. The molecule has 2 atom stereocenters. The van der Waals surface area contributed by atoms with Crippen LogP contribution in [0.1, 0.15) is 277 Å². The monoisotopic (exact) mass is 884 g/mol. The molecule has 6 nitrogen and oxygen atoms in total. The van der Waals surface area contributed by atoms with Crippen LogP contribution in [0, 0.1) is 0 Å². The van der Waals surface area contributed by atoms with E-state index in [1.807, 2.05) is 0 Å². The SMILES string of the molecule is CCCCCC/C=C\C/C=C\CCCCCCCCCC(=O)OCCCCC/C=C\C/C=C\CCCCCCCCCC(=O)NC(CO)C(O)CCCCCCCCCCCCC. The molecule has 0 aromatic heterocycles. The fraction of sp³-hybridized carbons (Fsp3) is 0.825. The molecule has 0 aromatic carbocycles. The van der Waals surface area contributed by atoms with Crippen LogP contribution in [0.25, 0.3) is 0 Å². The van der Waals surface area contributed by atoms with Crippen LogP contribution in [-0.2, 0) is 14.3 Å². The van der Waals surface area contributed by atoms with Crippen molar-refractivity contribution in [1.29, 1.82) is 0 Å². The molecule has 6 heteroatoms. The molecular formula is C57H105NO5. The number of aliphatic hydroxyl groups excluding tert-OH is 2. The van der Waals surface area contributed by atoms with Crippen molar-refractivity contribution < 1.29 is 24.5 Å². The number of hydrogen-bond donors (Lipinski definition) is 3. The lowest BCUT2D eigenvalue weighted by Gasteiger charge is -2.22. The van der Waals surface area contributed by atoms with Crippen molar-refractivity contribution in [2.45, 2.75) is 289 Å². The maximum absolute atomic E-state index is 12.4. The first-order chi connectivity index (χ1) is 31.0. The number of hydrogen-bond acceptors (Lipinski definition) is 5. The molecule has 0 bridgehead atoms. The molecule has 0 aliphatic carbocycles. The predicted octanol–water partition coefficient (Wildman–Crippen LogP) is 16.6. The molecule has 0 saturated carbocycles. The van der Waals surface area contributed by atoms with Gasteiger partial charge in [0, 0.05) is 12.8 Å². The molecule has 0 radical (unpaired) electrons. The second kappa shape index (κ2) is 52.4. The lowest BCUT2D eigenvalue weighted by Crippen LogP contribution is -2.45. The standard InChI is InChI=1S/C57H105NO5/c1-3-5-7-9-11-13-15-16-17-18-21-24-27-31-35-39-43-47-51-57(62)63-52-48-44-40-36-32-28-25-22-19-20-23-26-30-34-38-42-46-50-56(61)58-54(53-59)55(60)49-45-41-37-33-29-14-12-10-8-6-4-2/h13,15,17-19,22,28,32,54-55,59-60H,3-12,14,16,20-21,23-27,29-31,33-53H2,1-2H3,(H,58,61)/b15-13-,18-17-,22-19-,32-28-. The van der Waals surface area contributed by atoms with E-state index in [1.54, 1.807) is 0 Å². The van der Waals surface area contributed by atoms with Gasteiger partial charge in [0.05, 0.1) is 25.4 Å². The Balaban J connectivity index is 3.49. The number of carbonyl (C=O) groups excluding carboxylic acids is 2. The Morgan fingerprint density at radius 2 is 0.794 bits per heavy atom. The molecule has 0 spiro atoms. The van der Waals surface area contributed by atoms with Gasteiger partial charge in [-0.1, -0.05) is 217 Å². The summed E-state index contributed by atoms with van der Waals surface area (Å²) in [5.41, 5.74) is 0. The third-order valence-electron chi connectivity index (χ3n) is 12.4. The van der Waals surface area contributed by atoms with Crippen molar-refractivity contribution in [1.82, 2.24) is 5.32 Å². The number of aliphatic hydroxyl groups is 2. The van der Waals surface area contributed by atoms with E-state index < -0.39 is 12.1 Å². The van der Waals surface area contributed by atoms with Gasteiger partial charge in [0.25, 0.3) is 0 Å². The largest absolute Gasteiger partial charge is 0.466 e. The van der Waals surface area contributed by atoms with Crippen LogP contribution in [0.15, 0.2) is 48.6 Å². The highest BCUT2D eigenvalue weighted by molar-refractivity contribution is 5.76. The number of amides is 1. The fourth-order valence-electron chi connectivity index (χ4n) is 8.11. The number of nitrogens with one attached hydrogen (secondary N) is 1. The van der Waals surface area contributed by atoms with Crippen LogP contribution < -0.4 is 5.32 Å². The topological polar surface area (TPSA) is 95.9 Å². The Kier molecular flexibility index (Phi) is 50.6. The summed E-state index contributed by atoms with van der Waals surface area (Å²) in [5.74, 6) is -0.0771. The van der Waals surface area contributed by atoms with Crippen molar-refractivity contribution in [2.75, 3.05) is 13.2 Å². The van der Waals surface area contributed by atoms with Gasteiger partial charge in [-0.3, -0.25) is 9.59 Å². The highest BCUT2D eigenvalue weighted by atomic mass is 16.5. The van der Waals surface area contributed by atoms with E-state index in [1.165, 1.54) is 154 Å². The van der Waals surface area contributed by atoms with Gasteiger partial charge >= 0.3 is 5.97 Å². The maximum atomic E-state index is 12.4. The Labute approximate surface area is 391 Å². The zero-order chi connectivity index (χ0) is 45.8. The first-order valence-corrected chi connectivity index (χ1v) is 27.4. The molecule has 368 valence electrons. The minimum atomic E-state index is -0.674. The van der Waals surface area contributed by atoms with Gasteiger partial charge in [-0.25, -0.2) is 0 Å². The second-order valence-electron chi connectivity index (χ2n) is 18.6. The second-order valence-corrected chi connectivity index (χ2v) is 18.6. The van der Waals surface area contributed by atoms with Crippen LogP contribution in [0.2, 0.25) is 0 Å². The number of ether oxygens (including phenoxy) is 1. The molecular weight excluding hydrogens is 779 g/mol. The van der Waals surface area contributed by atoms with Crippen molar-refractivity contribution in [3.05, 3.63) is 48.6 Å². The number of esters is 1. The number of allylic oxidation sites excluding steroid dienone is 8. The summed E-state index contributed by atoms with van der Waals surface area (Å²) in [6.07, 6.45) is 65.2. The summed E-state index contributed by atoms with van der Waals surface area (Å²) in [7, 11) is 0. The third kappa shape index (κ3) is 49.1. The lowest BCUT2D eigenvalue weighted by atomic mass is 10.0. The number of rotatable bonds is 50. The van der Waals surface area contributed by atoms with Crippen LogP contribution in [0.5, 0.6) is 0 Å². The summed E-state index contributed by atoms with van der Waals surface area (Å²) >= 11 is 0. The van der Waals surface area contributed by atoms with Crippen LogP contribution in [0.4, 0.5) is 0 Å². The number of unbranched alkanes of at least 4 members (excludes halogenated alkanes) is 31. The van der Waals surface area contributed by atoms with E-state index >= 15 is 0 Å². The zero-order valence-corrected chi connectivity index (χ0v) is 41.8. The summed E-state index contributed by atoms with van der Waals surface area (Å²) in [6.45, 7) is 4.87. The highest BCUT2D eigenvalue weighted by Gasteiger charge is 2.20. The zero-order valence-electron chi connectivity index (χ0n) is 41.8. The highest BCUT2D eigenvalue weighted by Crippen LogP contribution is 2.15. The summed E-state index contributed by atoms with van der Waals surface area (Å²) in [4.78, 5) is 24.5. The fourth-order valence-corrected chi connectivity index (χ4v) is 8.11. The average Bonchev–Trinajstić information content (AvgIpc) is 3.28. The van der Waals surface area contributed by atoms with Crippen LogP contribution >= 0.6 is 0 Å². The van der Waals surface area contributed by atoms with E-state index in [0.717, 1.165) is 89.9 Å². The molecule has 63 heavy (non-hydrogen) atoms. The molecule has 0 aromatic rings. The Morgan fingerprint density at radius 3 is 1.22 bits per heavy atom. The first-order valence-electron chi connectivity index (χ1n) is 27.4. The van der Waals surface area contributed by atoms with Gasteiger partial charge in [0.1, 0.15) is 0 Å². The van der Waals surface area contributed by atoms with E-state index in [2.05, 4.69) is 67.8 Å². The molecule has 1 amide bonds. The van der Waals surface area contributed by atoms with Gasteiger partial charge in [-0.2, -0.15) is 0 Å². The maximum Gasteiger partial charge on any atom is 0.305 e. The van der Waals surface area contributed by atoms with E-state index in [9.17, 15) is 19.8 Å². The van der Waals surface area contributed by atoms with E-state index in [4.69, 9.17) is 4.74 Å². The van der Waals surface area contributed by atoms with Crippen molar-refractivity contribution in [3.63, 3.8) is 0 Å². The Hall–Kier alpha value is -2.18. The van der Waals surface area contributed by atoms with Gasteiger partial charge in [0.2, 0.25) is 5.91 Å². The number of carbonyl (C=O) groups is 2. The normalized spacial score (nSPS) is 13.0. The molecule has 0 fully saturated rings. The lowest BCUT2D eigenvalue weighted by molar-refractivity contribution is -0.143.